The summed E-state index contributed by atoms with van der Waals surface area (Å²) < 4.78 is 0. The van der Waals surface area contributed by atoms with E-state index in [1.807, 2.05) is 0 Å². The van der Waals surface area contributed by atoms with Gasteiger partial charge in [-0.05, 0) is 25.7 Å². The fourth-order valence-electron chi connectivity index (χ4n) is 3.68. The molecule has 1 aliphatic heterocycles. The molecule has 0 aromatic rings. The maximum Gasteiger partial charge on any atom is 0.243 e. The van der Waals surface area contributed by atoms with Crippen LogP contribution in [0, 0.1) is 34.0 Å². The molecule has 1 heterocycles. The lowest BCUT2D eigenvalue weighted by atomic mass is 9.61. The molecule has 126 valence electrons. The second kappa shape index (κ2) is 6.86. The highest BCUT2D eigenvalue weighted by Gasteiger charge is 2.51. The zero-order valence-corrected chi connectivity index (χ0v) is 14.2. The Morgan fingerprint density at radius 3 is 2.58 bits per heavy atom. The van der Waals surface area contributed by atoms with Gasteiger partial charge >= 0.3 is 0 Å². The topological polar surface area (TPSA) is 106 Å². The molecule has 0 radical (unpaired) electrons. The van der Waals surface area contributed by atoms with Gasteiger partial charge in [0.25, 0.3) is 0 Å². The van der Waals surface area contributed by atoms with Gasteiger partial charge in [-0.25, -0.2) is 0 Å². The summed E-state index contributed by atoms with van der Waals surface area (Å²) >= 11 is 1.20. The van der Waals surface area contributed by atoms with Gasteiger partial charge in [0.15, 0.2) is 0 Å². The molecule has 0 saturated heterocycles. The lowest BCUT2D eigenvalue weighted by Crippen LogP contribution is -2.48. The predicted octanol–water partition coefficient (Wildman–Crippen LogP) is 1.95. The molecule has 3 rings (SSSR count). The van der Waals surface area contributed by atoms with Crippen LogP contribution in [-0.2, 0) is 9.59 Å². The Morgan fingerprint density at radius 2 is 2.00 bits per heavy atom. The van der Waals surface area contributed by atoms with Crippen LogP contribution in [0.15, 0.2) is 10.6 Å². The molecule has 2 saturated carbocycles. The number of hydrogen-bond donors (Lipinski definition) is 2. The van der Waals surface area contributed by atoms with Crippen molar-refractivity contribution in [3.05, 3.63) is 10.6 Å². The second-order valence-electron chi connectivity index (χ2n) is 6.71. The van der Waals surface area contributed by atoms with E-state index in [1.54, 1.807) is 0 Å². The van der Waals surface area contributed by atoms with Crippen LogP contribution in [-0.4, -0.2) is 23.6 Å². The summed E-state index contributed by atoms with van der Waals surface area (Å²) in [5, 5.41) is 25.3. The highest BCUT2D eigenvalue weighted by molar-refractivity contribution is 8.03. The first kappa shape index (κ1) is 16.9. The Kier molecular flexibility index (Phi) is 4.82. The van der Waals surface area contributed by atoms with Gasteiger partial charge in [-0.15, -0.1) is 0 Å². The molecule has 0 bridgehead atoms. The van der Waals surface area contributed by atoms with Gasteiger partial charge in [-0.1, -0.05) is 31.0 Å². The normalized spacial score (nSPS) is 25.6. The smallest absolute Gasteiger partial charge is 0.243 e. The molecule has 1 atom stereocenters. The first-order valence-corrected chi connectivity index (χ1v) is 9.37. The minimum absolute atomic E-state index is 0.0818. The molecule has 0 aromatic heterocycles. The zero-order valence-electron chi connectivity index (χ0n) is 13.4. The Bertz CT molecular complexity index is 663. The van der Waals surface area contributed by atoms with Crippen molar-refractivity contribution in [2.75, 3.05) is 5.75 Å². The van der Waals surface area contributed by atoms with E-state index in [0.717, 1.165) is 32.1 Å². The zero-order chi connectivity index (χ0) is 17.2. The lowest BCUT2D eigenvalue weighted by molar-refractivity contribution is -0.127. The van der Waals surface area contributed by atoms with E-state index in [0.29, 0.717) is 23.4 Å². The van der Waals surface area contributed by atoms with Crippen molar-refractivity contribution in [1.29, 1.82) is 10.5 Å². The maximum absolute atomic E-state index is 12.4. The maximum atomic E-state index is 12.4. The molecule has 1 spiro atoms. The first-order chi connectivity index (χ1) is 11.6. The number of amides is 2. The first-order valence-electron chi connectivity index (χ1n) is 8.38. The Balaban J connectivity index is 1.84. The van der Waals surface area contributed by atoms with Gasteiger partial charge in [0.2, 0.25) is 11.8 Å². The standard InChI is InChI=1S/C17H20N4O2S/c18-8-12-15(23)21-16(24-10-14(22)20-11-4-5-11)13(9-19)17(12)6-2-1-3-7-17/h11-12H,1-7,10H2,(H,20,22)(H,21,23)/t12-/m1/s1. The van der Waals surface area contributed by atoms with Crippen LogP contribution < -0.4 is 10.6 Å². The van der Waals surface area contributed by atoms with Gasteiger partial charge in [-0.3, -0.25) is 9.59 Å². The quantitative estimate of drug-likeness (QED) is 0.811. The molecule has 0 aromatic carbocycles. The Morgan fingerprint density at radius 1 is 1.29 bits per heavy atom. The summed E-state index contributed by atoms with van der Waals surface area (Å²) in [6.45, 7) is 0. The molecule has 2 fully saturated rings. The fraction of sp³-hybridized carbons (Fsp3) is 0.647. The van der Waals surface area contributed by atoms with E-state index < -0.39 is 11.3 Å². The molecule has 2 aliphatic carbocycles. The number of rotatable bonds is 4. The van der Waals surface area contributed by atoms with E-state index in [4.69, 9.17) is 0 Å². The number of thioether (sulfide) groups is 1. The number of hydrogen-bond acceptors (Lipinski definition) is 5. The molecule has 2 amide bonds. The summed E-state index contributed by atoms with van der Waals surface area (Å²) in [5.41, 5.74) is -0.197. The number of nitrogens with one attached hydrogen (secondary N) is 2. The number of nitriles is 2. The molecule has 24 heavy (non-hydrogen) atoms. The number of carbonyl (C=O) groups excluding carboxylic acids is 2. The summed E-state index contributed by atoms with van der Waals surface area (Å²) in [6, 6.07) is 4.64. The van der Waals surface area contributed by atoms with Crippen molar-refractivity contribution in [3.8, 4) is 12.1 Å². The van der Waals surface area contributed by atoms with Crippen molar-refractivity contribution in [2.45, 2.75) is 51.0 Å². The number of allylic oxidation sites excluding steroid dienone is 1. The van der Waals surface area contributed by atoms with Crippen LogP contribution in [0.5, 0.6) is 0 Å². The highest BCUT2D eigenvalue weighted by Crippen LogP contribution is 2.51. The Labute approximate surface area is 145 Å². The molecule has 6 nitrogen and oxygen atoms in total. The molecule has 7 heteroatoms. The SMILES string of the molecule is N#CC1=C(SCC(=O)NC2CC2)NC(=O)[C@@H](C#N)C12CCCCC2. The summed E-state index contributed by atoms with van der Waals surface area (Å²) in [6.07, 6.45) is 6.29. The van der Waals surface area contributed by atoms with E-state index in [-0.39, 0.29) is 23.6 Å². The van der Waals surface area contributed by atoms with E-state index in [2.05, 4.69) is 22.8 Å². The van der Waals surface area contributed by atoms with Crippen LogP contribution in [0.3, 0.4) is 0 Å². The number of nitrogens with zero attached hydrogens (tertiary/aromatic N) is 2. The average Bonchev–Trinajstić information content (AvgIpc) is 3.38. The third-order valence-electron chi connectivity index (χ3n) is 5.05. The van der Waals surface area contributed by atoms with Crippen LogP contribution in [0.2, 0.25) is 0 Å². The van der Waals surface area contributed by atoms with E-state index in [1.165, 1.54) is 11.8 Å². The van der Waals surface area contributed by atoms with E-state index >= 15 is 0 Å². The monoisotopic (exact) mass is 344 g/mol. The van der Waals surface area contributed by atoms with Gasteiger partial charge in [0.1, 0.15) is 5.92 Å². The Hall–Kier alpha value is -1.99. The van der Waals surface area contributed by atoms with Crippen LogP contribution in [0.1, 0.15) is 44.9 Å². The highest BCUT2D eigenvalue weighted by atomic mass is 32.2. The second-order valence-corrected chi connectivity index (χ2v) is 7.70. The summed E-state index contributed by atoms with van der Waals surface area (Å²) in [5.74, 6) is -1.08. The van der Waals surface area contributed by atoms with Crippen LogP contribution >= 0.6 is 11.8 Å². The van der Waals surface area contributed by atoms with Gasteiger partial charge in [0.05, 0.1) is 28.5 Å². The molecule has 2 N–H and O–H groups in total. The summed E-state index contributed by atoms with van der Waals surface area (Å²) in [4.78, 5) is 24.3. The number of carbonyl (C=O) groups is 2. The molecule has 0 unspecified atom stereocenters. The van der Waals surface area contributed by atoms with Crippen LogP contribution in [0.25, 0.3) is 0 Å². The minimum Gasteiger partial charge on any atom is -0.353 e. The lowest BCUT2D eigenvalue weighted by Gasteiger charge is -2.43. The van der Waals surface area contributed by atoms with Gasteiger partial charge < -0.3 is 10.6 Å². The largest absolute Gasteiger partial charge is 0.353 e. The molecule has 3 aliphatic rings. The third kappa shape index (κ3) is 3.14. The van der Waals surface area contributed by atoms with Crippen molar-refractivity contribution in [2.24, 2.45) is 11.3 Å². The third-order valence-corrected chi connectivity index (χ3v) is 6.05. The van der Waals surface area contributed by atoms with Crippen molar-refractivity contribution >= 4 is 23.6 Å². The fourth-order valence-corrected chi connectivity index (χ4v) is 4.60. The van der Waals surface area contributed by atoms with Crippen molar-refractivity contribution in [1.82, 2.24) is 10.6 Å². The molecular formula is C17H20N4O2S. The van der Waals surface area contributed by atoms with Crippen LogP contribution in [0.4, 0.5) is 0 Å². The summed E-state index contributed by atoms with van der Waals surface area (Å²) in [7, 11) is 0. The predicted molar refractivity (Wildman–Crippen MR) is 89.0 cm³/mol. The molecular weight excluding hydrogens is 324 g/mol. The minimum atomic E-state index is -0.822. The van der Waals surface area contributed by atoms with Gasteiger partial charge in [0, 0.05) is 11.5 Å². The van der Waals surface area contributed by atoms with E-state index in [9.17, 15) is 20.1 Å². The van der Waals surface area contributed by atoms with Crippen molar-refractivity contribution in [3.63, 3.8) is 0 Å². The van der Waals surface area contributed by atoms with Gasteiger partial charge in [-0.2, -0.15) is 10.5 Å². The van der Waals surface area contributed by atoms with Crippen molar-refractivity contribution < 1.29 is 9.59 Å². The average molecular weight is 344 g/mol.